The third-order valence-electron chi connectivity index (χ3n) is 2.91. The molecule has 1 rings (SSSR count). The van der Waals surface area contributed by atoms with Crippen LogP contribution in [0.1, 0.15) is 26.3 Å². The summed E-state index contributed by atoms with van der Waals surface area (Å²) in [4.78, 5) is 11.8. The lowest BCUT2D eigenvalue weighted by Crippen LogP contribution is -2.31. The third-order valence-corrected chi connectivity index (χ3v) is 2.91. The van der Waals surface area contributed by atoms with Crippen molar-refractivity contribution < 1.29 is 14.6 Å². The molecule has 0 saturated carbocycles. The molecule has 1 aromatic carbocycles. The summed E-state index contributed by atoms with van der Waals surface area (Å²) < 4.78 is 4.85. The van der Waals surface area contributed by atoms with Gasteiger partial charge in [0.25, 0.3) is 0 Å². The fraction of sp³-hybridized carbons (Fsp3) is 0.500. The number of rotatable bonds is 3. The molecule has 0 amide bonds. The molecule has 0 aliphatic heterocycles. The first-order valence-corrected chi connectivity index (χ1v) is 5.70. The topological polar surface area (TPSA) is 46.5 Å². The average molecular weight is 236 g/mol. The van der Waals surface area contributed by atoms with Crippen molar-refractivity contribution in [1.82, 2.24) is 0 Å². The van der Waals surface area contributed by atoms with Gasteiger partial charge in [-0.3, -0.25) is 4.79 Å². The second kappa shape index (κ2) is 5.21. The Bertz CT molecular complexity index is 373. The lowest BCUT2D eigenvalue weighted by Gasteiger charge is -2.28. The quantitative estimate of drug-likeness (QED) is 0.821. The number of methoxy groups -OCH3 is 1. The van der Waals surface area contributed by atoms with E-state index in [2.05, 4.69) is 0 Å². The number of phenolic OH excluding ortho intramolecular Hbond substituents is 1. The van der Waals surface area contributed by atoms with Gasteiger partial charge in [0, 0.05) is 0 Å². The van der Waals surface area contributed by atoms with Crippen LogP contribution in [0.5, 0.6) is 5.75 Å². The minimum atomic E-state index is -0.189. The Kier molecular flexibility index (Phi) is 4.16. The Balaban J connectivity index is 2.87. The summed E-state index contributed by atoms with van der Waals surface area (Å²) in [6, 6.07) is 6.92. The third kappa shape index (κ3) is 3.77. The van der Waals surface area contributed by atoms with Crippen LogP contribution in [0.4, 0.5) is 0 Å². The first-order chi connectivity index (χ1) is 7.84. The maximum atomic E-state index is 11.8. The lowest BCUT2D eigenvalue weighted by atomic mass is 9.77. The molecule has 0 radical (unpaired) electrons. The van der Waals surface area contributed by atoms with Gasteiger partial charge in [0.15, 0.2) is 0 Å². The normalized spacial score (nSPS) is 13.2. The molecule has 17 heavy (non-hydrogen) atoms. The highest BCUT2D eigenvalue weighted by Crippen LogP contribution is 2.30. The van der Waals surface area contributed by atoms with E-state index in [4.69, 9.17) is 4.74 Å². The summed E-state index contributed by atoms with van der Waals surface area (Å²) in [5, 5.41) is 9.21. The second-order valence-electron chi connectivity index (χ2n) is 5.31. The van der Waals surface area contributed by atoms with Crippen LogP contribution in [-0.2, 0) is 16.0 Å². The Morgan fingerprint density at radius 2 is 1.82 bits per heavy atom. The second-order valence-corrected chi connectivity index (χ2v) is 5.31. The summed E-state index contributed by atoms with van der Waals surface area (Å²) in [6.07, 6.45) is 0.621. The predicted octanol–water partition coefficient (Wildman–Crippen LogP) is 2.77. The van der Waals surface area contributed by atoms with Crippen molar-refractivity contribution in [3.05, 3.63) is 29.8 Å². The molecular weight excluding hydrogens is 216 g/mol. The Morgan fingerprint density at radius 1 is 1.29 bits per heavy atom. The number of ether oxygens (including phenoxy) is 1. The zero-order valence-electron chi connectivity index (χ0n) is 10.9. The number of carbonyl (C=O) groups excluding carboxylic acids is 1. The van der Waals surface area contributed by atoms with Gasteiger partial charge in [-0.15, -0.1) is 0 Å². The van der Waals surface area contributed by atoms with E-state index in [1.165, 1.54) is 7.11 Å². The van der Waals surface area contributed by atoms with Gasteiger partial charge < -0.3 is 9.84 Å². The number of benzene rings is 1. The zero-order valence-corrected chi connectivity index (χ0v) is 10.9. The number of carbonyl (C=O) groups is 1. The molecule has 1 aromatic rings. The van der Waals surface area contributed by atoms with Crippen molar-refractivity contribution in [2.24, 2.45) is 11.3 Å². The Morgan fingerprint density at radius 3 is 2.24 bits per heavy atom. The smallest absolute Gasteiger partial charge is 0.309 e. The zero-order chi connectivity index (χ0) is 13.1. The van der Waals surface area contributed by atoms with Gasteiger partial charge in [-0.25, -0.2) is 0 Å². The fourth-order valence-corrected chi connectivity index (χ4v) is 1.75. The van der Waals surface area contributed by atoms with Crippen molar-refractivity contribution in [2.45, 2.75) is 27.2 Å². The molecule has 0 aromatic heterocycles. The Labute approximate surface area is 102 Å². The van der Waals surface area contributed by atoms with Crippen LogP contribution in [-0.4, -0.2) is 18.2 Å². The van der Waals surface area contributed by atoms with E-state index in [1.807, 2.05) is 32.9 Å². The summed E-state index contributed by atoms with van der Waals surface area (Å²) in [6.45, 7) is 6.07. The summed E-state index contributed by atoms with van der Waals surface area (Å²) in [5.74, 6) is -0.137. The lowest BCUT2D eigenvalue weighted by molar-refractivity contribution is -0.149. The van der Waals surface area contributed by atoms with Gasteiger partial charge in [-0.2, -0.15) is 0 Å². The summed E-state index contributed by atoms with van der Waals surface area (Å²) in [5.41, 5.74) is 0.874. The molecule has 0 spiro atoms. The van der Waals surface area contributed by atoms with Crippen molar-refractivity contribution in [2.75, 3.05) is 7.11 Å². The molecule has 3 heteroatoms. The van der Waals surface area contributed by atoms with Gasteiger partial charge >= 0.3 is 5.97 Å². The maximum absolute atomic E-state index is 11.8. The number of esters is 1. The molecule has 0 aliphatic carbocycles. The van der Waals surface area contributed by atoms with Crippen LogP contribution in [0.15, 0.2) is 24.3 Å². The monoisotopic (exact) mass is 236 g/mol. The van der Waals surface area contributed by atoms with Crippen LogP contribution in [0.2, 0.25) is 0 Å². The maximum Gasteiger partial charge on any atom is 0.309 e. The van der Waals surface area contributed by atoms with Crippen molar-refractivity contribution in [3.63, 3.8) is 0 Å². The molecule has 0 heterocycles. The van der Waals surface area contributed by atoms with Crippen LogP contribution in [0.3, 0.4) is 0 Å². The molecule has 94 valence electrons. The van der Waals surface area contributed by atoms with Gasteiger partial charge in [0.1, 0.15) is 5.75 Å². The molecule has 3 nitrogen and oxygen atoms in total. The van der Waals surface area contributed by atoms with E-state index in [1.54, 1.807) is 12.1 Å². The van der Waals surface area contributed by atoms with Gasteiger partial charge in [0.2, 0.25) is 0 Å². The predicted molar refractivity (Wildman–Crippen MR) is 66.8 cm³/mol. The first kappa shape index (κ1) is 13.6. The molecular formula is C14H20O3. The van der Waals surface area contributed by atoms with E-state index in [0.29, 0.717) is 6.42 Å². The van der Waals surface area contributed by atoms with Crippen LogP contribution < -0.4 is 0 Å². The molecule has 0 fully saturated rings. The average Bonchev–Trinajstić information content (AvgIpc) is 2.25. The van der Waals surface area contributed by atoms with Crippen LogP contribution in [0, 0.1) is 11.3 Å². The highest BCUT2D eigenvalue weighted by atomic mass is 16.5. The fourth-order valence-electron chi connectivity index (χ4n) is 1.75. The minimum absolute atomic E-state index is 0.148. The van der Waals surface area contributed by atoms with E-state index in [0.717, 1.165) is 5.56 Å². The van der Waals surface area contributed by atoms with Crippen molar-refractivity contribution >= 4 is 5.97 Å². The number of hydrogen-bond donors (Lipinski definition) is 1. The van der Waals surface area contributed by atoms with Gasteiger partial charge in [0.05, 0.1) is 13.0 Å². The summed E-state index contributed by atoms with van der Waals surface area (Å²) in [7, 11) is 1.41. The van der Waals surface area contributed by atoms with Crippen LogP contribution >= 0.6 is 0 Å². The molecule has 1 atom stereocenters. The SMILES string of the molecule is COC(=O)[C@@H](Cc1ccc(O)cc1)C(C)(C)C. The van der Waals surface area contributed by atoms with Gasteiger partial charge in [-0.05, 0) is 29.5 Å². The molecule has 0 bridgehead atoms. The first-order valence-electron chi connectivity index (χ1n) is 5.70. The van der Waals surface area contributed by atoms with Crippen LogP contribution in [0.25, 0.3) is 0 Å². The highest BCUT2D eigenvalue weighted by Gasteiger charge is 2.32. The van der Waals surface area contributed by atoms with Crippen molar-refractivity contribution in [3.8, 4) is 5.75 Å². The number of phenols is 1. The molecule has 0 saturated heterocycles. The minimum Gasteiger partial charge on any atom is -0.508 e. The molecule has 0 unspecified atom stereocenters. The molecule has 1 N–H and O–H groups in total. The highest BCUT2D eigenvalue weighted by molar-refractivity contribution is 5.73. The summed E-state index contributed by atoms with van der Waals surface area (Å²) >= 11 is 0. The Hall–Kier alpha value is -1.51. The number of hydrogen-bond acceptors (Lipinski definition) is 3. The van der Waals surface area contributed by atoms with Crippen molar-refractivity contribution in [1.29, 1.82) is 0 Å². The standard InChI is InChI=1S/C14H20O3/c1-14(2,3)12(13(16)17-4)9-10-5-7-11(15)8-6-10/h5-8,12,15H,9H2,1-4H3/t12-/m1/s1. The van der Waals surface area contributed by atoms with E-state index in [9.17, 15) is 9.90 Å². The van der Waals surface area contributed by atoms with E-state index < -0.39 is 0 Å². The molecule has 0 aliphatic rings. The van der Waals surface area contributed by atoms with Gasteiger partial charge in [-0.1, -0.05) is 32.9 Å². The largest absolute Gasteiger partial charge is 0.508 e. The van der Waals surface area contributed by atoms with E-state index in [-0.39, 0.29) is 23.1 Å². The van der Waals surface area contributed by atoms with E-state index >= 15 is 0 Å². The number of aromatic hydroxyl groups is 1.